The maximum atomic E-state index is 6.15. The van der Waals surface area contributed by atoms with Crippen LogP contribution in [0.25, 0.3) is 0 Å². The molecule has 6 heteroatoms. The second kappa shape index (κ2) is 8.87. The van der Waals surface area contributed by atoms with Gasteiger partial charge in [-0.1, -0.05) is 18.2 Å². The summed E-state index contributed by atoms with van der Waals surface area (Å²) in [4.78, 5) is 5.57. The first-order valence-electron chi connectivity index (χ1n) is 8.55. The van der Waals surface area contributed by atoms with Gasteiger partial charge >= 0.3 is 0 Å². The van der Waals surface area contributed by atoms with Crippen LogP contribution in [0, 0.1) is 6.92 Å². The molecule has 1 fully saturated rings. The van der Waals surface area contributed by atoms with Crippen LogP contribution in [-0.4, -0.2) is 32.3 Å². The average molecular weight is 359 g/mol. The zero-order chi connectivity index (χ0) is 17.5. The first-order chi connectivity index (χ1) is 12.2. The fraction of sp³-hybridized carbons (Fsp3) is 0.421. The van der Waals surface area contributed by atoms with Gasteiger partial charge in [0.1, 0.15) is 11.9 Å². The molecule has 5 nitrogen and oxygen atoms in total. The third kappa shape index (κ3) is 5.21. The molecule has 134 valence electrons. The first-order valence-corrected chi connectivity index (χ1v) is 9.43. The number of rotatable bonds is 6. The molecule has 1 unspecified atom stereocenters. The number of aliphatic imine (C=N–C) groups is 1. The van der Waals surface area contributed by atoms with Gasteiger partial charge in [-0.3, -0.25) is 4.99 Å². The summed E-state index contributed by atoms with van der Waals surface area (Å²) in [5.74, 6) is 1.71. The van der Waals surface area contributed by atoms with Gasteiger partial charge in [0.05, 0.1) is 19.8 Å². The fourth-order valence-electron chi connectivity index (χ4n) is 2.69. The maximum Gasteiger partial charge on any atom is 0.191 e. The molecule has 2 aromatic rings. The van der Waals surface area contributed by atoms with Crippen LogP contribution in [0.2, 0.25) is 0 Å². The zero-order valence-electron chi connectivity index (χ0n) is 14.7. The maximum absolute atomic E-state index is 6.15. The quantitative estimate of drug-likeness (QED) is 0.615. The minimum absolute atomic E-state index is 0.150. The van der Waals surface area contributed by atoms with E-state index in [4.69, 9.17) is 9.47 Å². The summed E-state index contributed by atoms with van der Waals surface area (Å²) in [6.45, 7) is 4.96. The Balaban J connectivity index is 1.59. The highest BCUT2D eigenvalue weighted by Gasteiger charge is 2.18. The van der Waals surface area contributed by atoms with Crippen molar-refractivity contribution < 1.29 is 9.47 Å². The summed E-state index contributed by atoms with van der Waals surface area (Å²) in [5.41, 5.74) is 2.31. The Morgan fingerprint density at radius 2 is 2.20 bits per heavy atom. The van der Waals surface area contributed by atoms with Gasteiger partial charge in [-0.25, -0.2) is 0 Å². The number of nitrogens with one attached hydrogen (secondary N) is 2. The molecular weight excluding hydrogens is 334 g/mol. The summed E-state index contributed by atoms with van der Waals surface area (Å²) < 4.78 is 11.6. The molecular formula is C19H25N3O2S. The number of benzene rings is 1. The number of hydrogen-bond donors (Lipinski definition) is 2. The lowest BCUT2D eigenvalue weighted by Crippen LogP contribution is -2.36. The van der Waals surface area contributed by atoms with Crippen LogP contribution in [0.4, 0.5) is 0 Å². The van der Waals surface area contributed by atoms with E-state index in [1.807, 2.05) is 0 Å². The zero-order valence-corrected chi connectivity index (χ0v) is 15.6. The van der Waals surface area contributed by atoms with Crippen molar-refractivity contribution in [3.8, 4) is 5.75 Å². The molecule has 0 amide bonds. The number of thiophene rings is 1. The standard InChI is InChI=1S/C19H25N3O2S/c1-14-5-6-15(18(10-14)24-16-7-8-23-13-16)11-21-19(20-2)22-12-17-4-3-9-25-17/h3-6,9-10,16H,7-8,11-13H2,1-2H3,(H2,20,21,22). The van der Waals surface area contributed by atoms with Gasteiger partial charge in [0.2, 0.25) is 0 Å². The number of hydrogen-bond acceptors (Lipinski definition) is 4. The summed E-state index contributed by atoms with van der Waals surface area (Å²) in [7, 11) is 1.78. The molecule has 0 bridgehead atoms. The van der Waals surface area contributed by atoms with Crippen LogP contribution >= 0.6 is 11.3 Å². The fourth-order valence-corrected chi connectivity index (χ4v) is 3.33. The van der Waals surface area contributed by atoms with E-state index in [9.17, 15) is 0 Å². The minimum Gasteiger partial charge on any atom is -0.488 e. The first kappa shape index (κ1) is 17.8. The number of aryl methyl sites for hydroxylation is 1. The average Bonchev–Trinajstić information content (AvgIpc) is 3.30. The highest BCUT2D eigenvalue weighted by molar-refractivity contribution is 7.09. The number of guanidine groups is 1. The Morgan fingerprint density at radius 3 is 2.92 bits per heavy atom. The molecule has 1 aliphatic rings. The van der Waals surface area contributed by atoms with E-state index in [0.29, 0.717) is 13.2 Å². The van der Waals surface area contributed by atoms with E-state index in [-0.39, 0.29) is 6.10 Å². The molecule has 2 heterocycles. The molecule has 1 aliphatic heterocycles. The van der Waals surface area contributed by atoms with Crippen LogP contribution in [0.3, 0.4) is 0 Å². The Morgan fingerprint density at radius 1 is 1.32 bits per heavy atom. The van der Waals surface area contributed by atoms with Crippen LogP contribution in [0.15, 0.2) is 40.7 Å². The number of ether oxygens (including phenoxy) is 2. The molecule has 3 rings (SSSR count). The van der Waals surface area contributed by atoms with E-state index in [1.54, 1.807) is 18.4 Å². The SMILES string of the molecule is CN=C(NCc1cccs1)NCc1ccc(C)cc1OC1CCOC1. The summed E-state index contributed by atoms with van der Waals surface area (Å²) in [5, 5.41) is 8.78. The predicted octanol–water partition coefficient (Wildman–Crippen LogP) is 3.09. The van der Waals surface area contributed by atoms with Crippen LogP contribution in [0.5, 0.6) is 5.75 Å². The lowest BCUT2D eigenvalue weighted by Gasteiger charge is -2.18. The largest absolute Gasteiger partial charge is 0.488 e. The molecule has 0 saturated carbocycles. The normalized spacial score (nSPS) is 17.5. The van der Waals surface area contributed by atoms with Crippen molar-refractivity contribution in [3.05, 3.63) is 51.7 Å². The second-order valence-electron chi connectivity index (χ2n) is 6.07. The molecule has 1 aromatic carbocycles. The van der Waals surface area contributed by atoms with E-state index in [2.05, 4.69) is 58.3 Å². The van der Waals surface area contributed by atoms with Crippen LogP contribution in [-0.2, 0) is 17.8 Å². The number of nitrogens with zero attached hydrogens (tertiary/aromatic N) is 1. The van der Waals surface area contributed by atoms with E-state index >= 15 is 0 Å². The van der Waals surface area contributed by atoms with Gasteiger partial charge in [0.15, 0.2) is 5.96 Å². The Labute approximate surface area is 153 Å². The van der Waals surface area contributed by atoms with E-state index < -0.39 is 0 Å². The van der Waals surface area contributed by atoms with Crippen molar-refractivity contribution in [1.82, 2.24) is 10.6 Å². The van der Waals surface area contributed by atoms with Crippen LogP contribution < -0.4 is 15.4 Å². The summed E-state index contributed by atoms with van der Waals surface area (Å²) in [6.07, 6.45) is 1.10. The van der Waals surface area contributed by atoms with E-state index in [0.717, 1.165) is 36.8 Å². The lowest BCUT2D eigenvalue weighted by molar-refractivity contribution is 0.140. The predicted molar refractivity (Wildman–Crippen MR) is 102 cm³/mol. The smallest absolute Gasteiger partial charge is 0.191 e. The molecule has 1 atom stereocenters. The summed E-state index contributed by atoms with van der Waals surface area (Å²) >= 11 is 1.73. The Bertz CT molecular complexity index is 695. The van der Waals surface area contributed by atoms with Gasteiger partial charge < -0.3 is 20.1 Å². The highest BCUT2D eigenvalue weighted by Crippen LogP contribution is 2.23. The van der Waals surface area contributed by atoms with Crippen LogP contribution in [0.1, 0.15) is 22.4 Å². The summed E-state index contributed by atoms with van der Waals surface area (Å²) in [6, 6.07) is 10.5. The van der Waals surface area contributed by atoms with Crippen molar-refractivity contribution in [3.63, 3.8) is 0 Å². The van der Waals surface area contributed by atoms with Crippen molar-refractivity contribution in [1.29, 1.82) is 0 Å². The van der Waals surface area contributed by atoms with Gasteiger partial charge in [-0.2, -0.15) is 0 Å². The second-order valence-corrected chi connectivity index (χ2v) is 7.11. The molecule has 2 N–H and O–H groups in total. The van der Waals surface area contributed by atoms with Crippen molar-refractivity contribution in [2.75, 3.05) is 20.3 Å². The Kier molecular flexibility index (Phi) is 6.30. The third-order valence-electron chi connectivity index (χ3n) is 4.08. The monoisotopic (exact) mass is 359 g/mol. The molecule has 0 aliphatic carbocycles. The van der Waals surface area contributed by atoms with Crippen molar-refractivity contribution in [2.24, 2.45) is 4.99 Å². The lowest BCUT2D eigenvalue weighted by atomic mass is 10.1. The van der Waals surface area contributed by atoms with E-state index in [1.165, 1.54) is 10.4 Å². The third-order valence-corrected chi connectivity index (χ3v) is 4.96. The van der Waals surface area contributed by atoms with Gasteiger partial charge in [-0.15, -0.1) is 11.3 Å². The van der Waals surface area contributed by atoms with Crippen molar-refractivity contribution >= 4 is 17.3 Å². The molecule has 1 saturated heterocycles. The molecule has 0 spiro atoms. The Hall–Kier alpha value is -2.05. The van der Waals surface area contributed by atoms with Gasteiger partial charge in [-0.05, 0) is 30.0 Å². The molecule has 25 heavy (non-hydrogen) atoms. The topological polar surface area (TPSA) is 54.9 Å². The van der Waals surface area contributed by atoms with Crippen molar-refractivity contribution in [2.45, 2.75) is 32.5 Å². The minimum atomic E-state index is 0.150. The molecule has 0 radical (unpaired) electrons. The highest BCUT2D eigenvalue weighted by atomic mass is 32.1. The van der Waals surface area contributed by atoms with Gasteiger partial charge in [0, 0.05) is 30.5 Å². The van der Waals surface area contributed by atoms with Gasteiger partial charge in [0.25, 0.3) is 0 Å². The molecule has 1 aromatic heterocycles.